The molecule has 2 aliphatic heterocycles. The number of allylic oxidation sites excluding steroid dienone is 1. The monoisotopic (exact) mass is 523 g/mol. The van der Waals surface area contributed by atoms with E-state index in [1.54, 1.807) is 31.6 Å². The van der Waals surface area contributed by atoms with Gasteiger partial charge in [-0.05, 0) is 37.6 Å². The summed E-state index contributed by atoms with van der Waals surface area (Å²) in [5.41, 5.74) is 1.36. The largest absolute Gasteiger partial charge is 0.497 e. The van der Waals surface area contributed by atoms with Crippen LogP contribution in [0.15, 0.2) is 61.9 Å². The van der Waals surface area contributed by atoms with Crippen molar-refractivity contribution < 1.29 is 23.6 Å². The maximum atomic E-state index is 13.8. The second-order valence-corrected chi connectivity index (χ2v) is 10.2. The number of hydrogen-bond acceptors (Lipinski definition) is 8. The number of carbonyl (C=O) groups excluding carboxylic acids is 1. The third kappa shape index (κ3) is 4.86. The minimum atomic E-state index is -0.687. The maximum Gasteiger partial charge on any atom is 0.338 e. The van der Waals surface area contributed by atoms with Crippen molar-refractivity contribution in [3.63, 3.8) is 0 Å². The van der Waals surface area contributed by atoms with Gasteiger partial charge in [-0.2, -0.15) is 0 Å². The smallest absolute Gasteiger partial charge is 0.338 e. The standard InChI is InChI=1S/C27H30N4O5S/c1-5-35-26(33)23-17(2)28-27-31(24(23)18-7-6-8-19(15-18)34-4)25(32)21(37-27)16-20-9-10-22(36-20)30-13-11-29(3)12-14-30/h6-10,15-16,24H,5,11-14H2,1-4H3/p+1/b21-16+/t24-/m1/s1. The number of anilines is 1. The Labute approximate surface area is 218 Å². The third-order valence-electron chi connectivity index (χ3n) is 6.74. The number of rotatable bonds is 6. The van der Waals surface area contributed by atoms with Gasteiger partial charge in [0.2, 0.25) is 0 Å². The lowest BCUT2D eigenvalue weighted by Crippen LogP contribution is -3.12. The highest BCUT2D eigenvalue weighted by atomic mass is 32.1. The van der Waals surface area contributed by atoms with Crippen molar-refractivity contribution in [2.75, 3.05) is 51.8 Å². The van der Waals surface area contributed by atoms with E-state index in [4.69, 9.17) is 13.9 Å². The number of ether oxygens (including phenoxy) is 2. The van der Waals surface area contributed by atoms with Crippen molar-refractivity contribution in [2.45, 2.75) is 19.9 Å². The second kappa shape index (κ2) is 10.4. The van der Waals surface area contributed by atoms with Gasteiger partial charge >= 0.3 is 5.97 Å². The first-order valence-corrected chi connectivity index (χ1v) is 13.2. The van der Waals surface area contributed by atoms with Gasteiger partial charge in [-0.25, -0.2) is 9.79 Å². The number of aromatic nitrogens is 1. The summed E-state index contributed by atoms with van der Waals surface area (Å²) in [7, 11) is 3.78. The zero-order chi connectivity index (χ0) is 26.1. The fourth-order valence-corrected chi connectivity index (χ4v) is 5.77. The van der Waals surface area contributed by atoms with Crippen LogP contribution in [0.1, 0.15) is 31.2 Å². The molecule has 0 saturated carbocycles. The SMILES string of the molecule is CCOC(=O)C1=C(C)N=c2s/c(=C/c3ccc(N4CC[NH+](C)CC4)o3)c(=O)n2[C@@H]1c1cccc(OC)c1. The van der Waals surface area contributed by atoms with Gasteiger partial charge in [0.15, 0.2) is 10.7 Å². The molecule has 0 radical (unpaired) electrons. The highest BCUT2D eigenvalue weighted by molar-refractivity contribution is 7.07. The number of fused-ring (bicyclic) bond motifs is 1. The maximum absolute atomic E-state index is 13.8. The van der Waals surface area contributed by atoms with Gasteiger partial charge in [0.25, 0.3) is 5.56 Å². The number of benzene rings is 1. The molecule has 2 aromatic heterocycles. The van der Waals surface area contributed by atoms with Crippen molar-refractivity contribution in [3.05, 3.63) is 78.7 Å². The molecule has 0 bridgehead atoms. The minimum absolute atomic E-state index is 0.223. The molecule has 10 heteroatoms. The highest BCUT2D eigenvalue weighted by Crippen LogP contribution is 2.32. The van der Waals surface area contributed by atoms with Crippen LogP contribution in [-0.4, -0.2) is 57.5 Å². The molecular formula is C27H31N4O5S+. The zero-order valence-electron chi connectivity index (χ0n) is 21.4. The Balaban J connectivity index is 1.59. The molecule has 4 heterocycles. The first kappa shape index (κ1) is 25.0. The molecular weight excluding hydrogens is 492 g/mol. The summed E-state index contributed by atoms with van der Waals surface area (Å²) in [5.74, 6) is 1.55. The number of quaternary nitrogens is 1. The molecule has 0 spiro atoms. The van der Waals surface area contributed by atoms with Crippen molar-refractivity contribution in [1.29, 1.82) is 0 Å². The van der Waals surface area contributed by atoms with Gasteiger partial charge in [-0.3, -0.25) is 9.36 Å². The zero-order valence-corrected chi connectivity index (χ0v) is 22.3. The number of carbonyl (C=O) groups is 1. The molecule has 5 rings (SSSR count). The number of nitrogens with zero attached hydrogens (tertiary/aromatic N) is 3. The van der Waals surface area contributed by atoms with Gasteiger partial charge in [0.05, 0.1) is 68.8 Å². The van der Waals surface area contributed by atoms with Crippen LogP contribution in [0.5, 0.6) is 5.75 Å². The van der Waals surface area contributed by atoms with Crippen LogP contribution in [0.2, 0.25) is 0 Å². The average Bonchev–Trinajstić information content (AvgIpc) is 3.48. The van der Waals surface area contributed by atoms with Crippen molar-refractivity contribution in [2.24, 2.45) is 4.99 Å². The van der Waals surface area contributed by atoms with Crippen LogP contribution in [0.25, 0.3) is 6.08 Å². The Morgan fingerprint density at radius 3 is 2.78 bits per heavy atom. The molecule has 3 aromatic rings. The number of piperazine rings is 1. The summed E-state index contributed by atoms with van der Waals surface area (Å²) in [6.07, 6.45) is 1.75. The fourth-order valence-electron chi connectivity index (χ4n) is 4.75. The van der Waals surface area contributed by atoms with E-state index >= 15 is 0 Å². The van der Waals surface area contributed by atoms with Crippen LogP contribution in [0.3, 0.4) is 0 Å². The van der Waals surface area contributed by atoms with E-state index in [1.807, 2.05) is 36.4 Å². The quantitative estimate of drug-likeness (QED) is 0.480. The molecule has 1 aromatic carbocycles. The fraction of sp³-hybridized carbons (Fsp3) is 0.370. The molecule has 1 fully saturated rings. The topological polar surface area (TPSA) is 90.7 Å². The number of likely N-dealkylation sites (N-methyl/N-ethyl adjacent to an activating group) is 1. The lowest BCUT2D eigenvalue weighted by Gasteiger charge is -2.29. The molecule has 2 aliphatic rings. The molecule has 0 unspecified atom stereocenters. The molecule has 1 N–H and O–H groups in total. The molecule has 194 valence electrons. The molecule has 37 heavy (non-hydrogen) atoms. The molecule has 1 atom stereocenters. The Kier molecular flexibility index (Phi) is 7.03. The van der Waals surface area contributed by atoms with Crippen molar-refractivity contribution >= 4 is 29.3 Å². The minimum Gasteiger partial charge on any atom is -0.497 e. The number of furan rings is 1. The number of nitrogens with one attached hydrogen (secondary N) is 1. The van der Waals surface area contributed by atoms with E-state index in [1.165, 1.54) is 16.2 Å². The van der Waals surface area contributed by atoms with Crippen LogP contribution in [-0.2, 0) is 9.53 Å². The number of esters is 1. The van der Waals surface area contributed by atoms with Gasteiger partial charge < -0.3 is 23.7 Å². The van der Waals surface area contributed by atoms with Crippen molar-refractivity contribution in [1.82, 2.24) is 4.57 Å². The van der Waals surface area contributed by atoms with E-state index < -0.39 is 12.0 Å². The Morgan fingerprint density at radius 2 is 2.05 bits per heavy atom. The van der Waals surface area contributed by atoms with E-state index in [2.05, 4.69) is 16.9 Å². The van der Waals surface area contributed by atoms with E-state index in [9.17, 15) is 9.59 Å². The van der Waals surface area contributed by atoms with Gasteiger partial charge in [-0.1, -0.05) is 23.5 Å². The average molecular weight is 524 g/mol. The summed E-state index contributed by atoms with van der Waals surface area (Å²) in [4.78, 5) is 35.7. The lowest BCUT2D eigenvalue weighted by molar-refractivity contribution is -0.880. The molecule has 9 nitrogen and oxygen atoms in total. The van der Waals surface area contributed by atoms with Crippen LogP contribution in [0, 0.1) is 0 Å². The van der Waals surface area contributed by atoms with Gasteiger partial charge in [0, 0.05) is 12.1 Å². The number of thiazole rings is 1. The molecule has 0 aliphatic carbocycles. The van der Waals surface area contributed by atoms with Crippen LogP contribution in [0.4, 0.5) is 5.88 Å². The summed E-state index contributed by atoms with van der Waals surface area (Å²) >= 11 is 1.27. The number of hydrogen-bond donors (Lipinski definition) is 1. The summed E-state index contributed by atoms with van der Waals surface area (Å²) in [6.45, 7) is 7.72. The van der Waals surface area contributed by atoms with Gasteiger partial charge in [0.1, 0.15) is 11.5 Å². The first-order valence-electron chi connectivity index (χ1n) is 12.4. The van der Waals surface area contributed by atoms with E-state index in [0.29, 0.717) is 32.1 Å². The Morgan fingerprint density at radius 1 is 1.27 bits per heavy atom. The Hall–Kier alpha value is -3.63. The lowest BCUT2D eigenvalue weighted by atomic mass is 9.95. The highest BCUT2D eigenvalue weighted by Gasteiger charge is 2.33. The molecule has 0 amide bonds. The van der Waals surface area contributed by atoms with E-state index in [-0.39, 0.29) is 12.2 Å². The van der Waals surface area contributed by atoms with Crippen molar-refractivity contribution in [3.8, 4) is 5.75 Å². The van der Waals surface area contributed by atoms with Crippen LogP contribution < -0.4 is 29.4 Å². The summed E-state index contributed by atoms with van der Waals surface area (Å²) in [6, 6.07) is 10.5. The van der Waals surface area contributed by atoms with Crippen LogP contribution >= 0.6 is 11.3 Å². The predicted molar refractivity (Wildman–Crippen MR) is 141 cm³/mol. The summed E-state index contributed by atoms with van der Waals surface area (Å²) < 4.78 is 18.9. The normalized spacial score (nSPS) is 18.5. The first-order chi connectivity index (χ1) is 17.9. The third-order valence-corrected chi connectivity index (χ3v) is 7.72. The number of methoxy groups -OCH3 is 1. The Bertz CT molecular complexity index is 1520. The second-order valence-electron chi connectivity index (χ2n) is 9.20. The summed E-state index contributed by atoms with van der Waals surface area (Å²) in [5, 5.41) is 0. The van der Waals surface area contributed by atoms with E-state index in [0.717, 1.165) is 37.6 Å². The molecule has 1 saturated heterocycles. The van der Waals surface area contributed by atoms with Gasteiger partial charge in [-0.15, -0.1) is 0 Å². The predicted octanol–water partition coefficient (Wildman–Crippen LogP) is 0.735.